The second-order valence-corrected chi connectivity index (χ2v) is 4.50. The van der Waals surface area contributed by atoms with Gasteiger partial charge in [-0.05, 0) is 17.2 Å². The lowest BCUT2D eigenvalue weighted by Crippen LogP contribution is -2.51. The number of nitrogens with one attached hydrogen (secondary N) is 1. The summed E-state index contributed by atoms with van der Waals surface area (Å²) in [5, 5.41) is 3.04. The highest BCUT2D eigenvalue weighted by Crippen LogP contribution is 2.40. The molecule has 1 fully saturated rings. The van der Waals surface area contributed by atoms with Gasteiger partial charge in [-0.3, -0.25) is 9.79 Å². The molecule has 1 saturated heterocycles. The van der Waals surface area contributed by atoms with E-state index in [0.717, 1.165) is 12.2 Å². The molecule has 2 heterocycles. The van der Waals surface area contributed by atoms with Crippen LogP contribution in [0.2, 0.25) is 0 Å². The Morgan fingerprint density at radius 1 is 1.35 bits per heavy atom. The Labute approximate surface area is 98.6 Å². The van der Waals surface area contributed by atoms with Gasteiger partial charge in [-0.1, -0.05) is 24.3 Å². The van der Waals surface area contributed by atoms with Crippen LogP contribution >= 0.6 is 0 Å². The van der Waals surface area contributed by atoms with Crippen molar-refractivity contribution >= 4 is 18.2 Å². The number of piperazine rings is 1. The predicted octanol–water partition coefficient (Wildman–Crippen LogP) is 0.924. The largest absolute Gasteiger partial charge is 0.340 e. The molecule has 1 N–H and O–H groups in total. The number of hydrogen-bond donors (Lipinski definition) is 1. The van der Waals surface area contributed by atoms with Gasteiger partial charge in [0.15, 0.2) is 0 Å². The molecule has 0 spiro atoms. The van der Waals surface area contributed by atoms with Crippen molar-refractivity contribution in [3.8, 4) is 0 Å². The van der Waals surface area contributed by atoms with Crippen LogP contribution in [-0.4, -0.2) is 29.7 Å². The van der Waals surface area contributed by atoms with Gasteiger partial charge < -0.3 is 10.2 Å². The fourth-order valence-electron chi connectivity index (χ4n) is 2.80. The fourth-order valence-corrected chi connectivity index (χ4v) is 2.80. The number of benzene rings is 1. The molecular weight excluding hydrogens is 214 g/mol. The van der Waals surface area contributed by atoms with Gasteiger partial charge in [-0.2, -0.15) is 0 Å². The maximum absolute atomic E-state index is 11.9. The van der Waals surface area contributed by atoms with Crippen molar-refractivity contribution < 1.29 is 4.79 Å². The molecular formula is C13H11N3O. The van der Waals surface area contributed by atoms with Crippen LogP contribution in [0.15, 0.2) is 35.0 Å². The van der Waals surface area contributed by atoms with E-state index in [1.165, 1.54) is 11.1 Å². The molecule has 2 atom stereocenters. The Bertz CT molecular complexity index is 576. The van der Waals surface area contributed by atoms with Crippen LogP contribution in [0.1, 0.15) is 17.2 Å². The SMILES string of the molecule is O=C1NC2C(=Cc3ccccc32)N2CC=NC12. The van der Waals surface area contributed by atoms with Crippen LogP contribution in [0, 0.1) is 0 Å². The number of amides is 1. The van der Waals surface area contributed by atoms with Gasteiger partial charge in [0.1, 0.15) is 0 Å². The van der Waals surface area contributed by atoms with Gasteiger partial charge in [-0.15, -0.1) is 0 Å². The first-order valence-corrected chi connectivity index (χ1v) is 5.74. The maximum atomic E-state index is 11.9. The third-order valence-electron chi connectivity index (χ3n) is 3.58. The minimum Gasteiger partial charge on any atom is -0.340 e. The van der Waals surface area contributed by atoms with E-state index in [9.17, 15) is 4.79 Å². The first kappa shape index (κ1) is 8.98. The van der Waals surface area contributed by atoms with Crippen LogP contribution in [0.3, 0.4) is 0 Å². The number of hydrogen-bond acceptors (Lipinski definition) is 3. The molecule has 1 aromatic carbocycles. The number of nitrogens with zero attached hydrogens (tertiary/aromatic N) is 2. The van der Waals surface area contributed by atoms with Gasteiger partial charge in [0.05, 0.1) is 12.6 Å². The third kappa shape index (κ3) is 1.07. The molecule has 0 saturated carbocycles. The Balaban J connectivity index is 1.84. The second kappa shape index (κ2) is 2.97. The highest BCUT2D eigenvalue weighted by Gasteiger charge is 2.42. The second-order valence-electron chi connectivity index (χ2n) is 4.50. The zero-order chi connectivity index (χ0) is 11.4. The standard InChI is InChI=1S/C13H11N3O/c17-13-12-14-5-6-16(12)10-7-8-3-1-2-4-9(8)11(10)15-13/h1-5,7,11-12H,6H2,(H,15,17). The first-order valence-electron chi connectivity index (χ1n) is 5.74. The minimum absolute atomic E-state index is 0.00222. The third-order valence-corrected chi connectivity index (χ3v) is 3.58. The molecule has 3 aliphatic rings. The zero-order valence-corrected chi connectivity index (χ0v) is 9.13. The molecule has 0 aromatic heterocycles. The topological polar surface area (TPSA) is 44.7 Å². The van der Waals surface area contributed by atoms with E-state index in [4.69, 9.17) is 0 Å². The average molecular weight is 225 g/mol. The summed E-state index contributed by atoms with van der Waals surface area (Å²) in [6, 6.07) is 8.19. The highest BCUT2D eigenvalue weighted by atomic mass is 16.2. The van der Waals surface area contributed by atoms with Gasteiger partial charge in [-0.25, -0.2) is 0 Å². The maximum Gasteiger partial charge on any atom is 0.266 e. The minimum atomic E-state index is -0.355. The van der Waals surface area contributed by atoms with Crippen LogP contribution in [0.4, 0.5) is 0 Å². The predicted molar refractivity (Wildman–Crippen MR) is 64.3 cm³/mol. The van der Waals surface area contributed by atoms with Crippen LogP contribution < -0.4 is 5.32 Å². The molecule has 2 unspecified atom stereocenters. The Hall–Kier alpha value is -2.10. The molecule has 4 heteroatoms. The summed E-state index contributed by atoms with van der Waals surface area (Å²) in [6.07, 6.45) is 3.62. The summed E-state index contributed by atoms with van der Waals surface area (Å²) >= 11 is 0. The van der Waals surface area contributed by atoms with Gasteiger partial charge in [0.2, 0.25) is 6.17 Å². The number of aliphatic imine (C=N–C) groups is 1. The molecule has 17 heavy (non-hydrogen) atoms. The van der Waals surface area contributed by atoms with Crippen LogP contribution in [0.25, 0.3) is 6.08 Å². The number of carbonyl (C=O) groups excluding carboxylic acids is 1. The quantitative estimate of drug-likeness (QED) is 0.713. The first-order chi connectivity index (χ1) is 8.34. The zero-order valence-electron chi connectivity index (χ0n) is 9.13. The van der Waals surface area contributed by atoms with Crippen molar-refractivity contribution in [1.82, 2.24) is 10.2 Å². The average Bonchev–Trinajstić information content (AvgIpc) is 2.93. The Kier molecular flexibility index (Phi) is 1.57. The van der Waals surface area contributed by atoms with Crippen molar-refractivity contribution in [1.29, 1.82) is 0 Å². The monoisotopic (exact) mass is 225 g/mol. The van der Waals surface area contributed by atoms with Gasteiger partial charge >= 0.3 is 0 Å². The van der Waals surface area contributed by atoms with Crippen molar-refractivity contribution in [3.05, 3.63) is 41.1 Å². The Morgan fingerprint density at radius 3 is 3.18 bits per heavy atom. The molecule has 0 radical (unpaired) electrons. The Morgan fingerprint density at radius 2 is 2.24 bits per heavy atom. The summed E-state index contributed by atoms with van der Waals surface area (Å²) in [5.74, 6) is -0.00222. The van der Waals surface area contributed by atoms with Crippen molar-refractivity contribution in [2.45, 2.75) is 12.2 Å². The summed E-state index contributed by atoms with van der Waals surface area (Å²) < 4.78 is 0. The molecule has 4 rings (SSSR count). The van der Waals surface area contributed by atoms with Gasteiger partial charge in [0.25, 0.3) is 5.91 Å². The lowest BCUT2D eigenvalue weighted by atomic mass is 10.0. The van der Waals surface area contributed by atoms with E-state index >= 15 is 0 Å². The van der Waals surface area contributed by atoms with Gasteiger partial charge in [0, 0.05) is 11.9 Å². The smallest absolute Gasteiger partial charge is 0.266 e. The molecule has 4 nitrogen and oxygen atoms in total. The van der Waals surface area contributed by atoms with Crippen molar-refractivity contribution in [2.24, 2.45) is 4.99 Å². The van der Waals surface area contributed by atoms with Crippen LogP contribution in [-0.2, 0) is 4.79 Å². The summed E-state index contributed by atoms with van der Waals surface area (Å²) in [4.78, 5) is 18.2. The van der Waals surface area contributed by atoms with E-state index in [2.05, 4.69) is 33.4 Å². The highest BCUT2D eigenvalue weighted by molar-refractivity contribution is 5.89. The molecule has 1 aliphatic carbocycles. The summed E-state index contributed by atoms with van der Waals surface area (Å²) in [7, 11) is 0. The van der Waals surface area contributed by atoms with E-state index in [1.54, 1.807) is 0 Å². The normalized spacial score (nSPS) is 28.4. The molecule has 1 amide bonds. The number of carbonyl (C=O) groups is 1. The number of fused-ring (bicyclic) bond motifs is 5. The van der Waals surface area contributed by atoms with E-state index in [0.29, 0.717) is 0 Å². The van der Waals surface area contributed by atoms with Crippen LogP contribution in [0.5, 0.6) is 0 Å². The van der Waals surface area contributed by atoms with Crippen molar-refractivity contribution in [2.75, 3.05) is 6.54 Å². The van der Waals surface area contributed by atoms with Crippen molar-refractivity contribution in [3.63, 3.8) is 0 Å². The van der Waals surface area contributed by atoms with E-state index in [1.807, 2.05) is 18.3 Å². The summed E-state index contributed by atoms with van der Waals surface area (Å²) in [5.41, 5.74) is 3.54. The lowest BCUT2D eigenvalue weighted by Gasteiger charge is -2.35. The molecule has 1 aromatic rings. The lowest BCUT2D eigenvalue weighted by molar-refractivity contribution is -0.127. The van der Waals surface area contributed by atoms with E-state index < -0.39 is 0 Å². The summed E-state index contributed by atoms with van der Waals surface area (Å²) in [6.45, 7) is 0.731. The number of rotatable bonds is 0. The molecule has 84 valence electrons. The van der Waals surface area contributed by atoms with E-state index in [-0.39, 0.29) is 18.1 Å². The molecule has 2 aliphatic heterocycles. The fraction of sp³-hybridized carbons (Fsp3) is 0.231. The molecule has 0 bridgehead atoms.